The molecule has 0 saturated carbocycles. The highest BCUT2D eigenvalue weighted by Gasteiger charge is 2.28. The SMILES string of the molecule is CNC(=O)C[C@@H]1CCN(C(=O)c2ccc3ncccc3c2)C1. The third-order valence-corrected chi connectivity index (χ3v) is 4.18. The van der Waals surface area contributed by atoms with E-state index < -0.39 is 0 Å². The third-order valence-electron chi connectivity index (χ3n) is 4.18. The zero-order chi connectivity index (χ0) is 15.5. The molecule has 5 nitrogen and oxygen atoms in total. The number of benzene rings is 1. The average molecular weight is 297 g/mol. The van der Waals surface area contributed by atoms with Gasteiger partial charge in [0.05, 0.1) is 5.52 Å². The average Bonchev–Trinajstić information content (AvgIpc) is 3.02. The van der Waals surface area contributed by atoms with E-state index in [-0.39, 0.29) is 17.7 Å². The highest BCUT2D eigenvalue weighted by molar-refractivity contribution is 5.98. The molecule has 2 heterocycles. The van der Waals surface area contributed by atoms with Gasteiger partial charge in [-0.25, -0.2) is 0 Å². The van der Waals surface area contributed by atoms with Gasteiger partial charge in [-0.2, -0.15) is 0 Å². The Morgan fingerprint density at radius 3 is 3.05 bits per heavy atom. The fourth-order valence-corrected chi connectivity index (χ4v) is 2.94. The smallest absolute Gasteiger partial charge is 0.253 e. The van der Waals surface area contributed by atoms with Crippen molar-refractivity contribution in [3.8, 4) is 0 Å². The van der Waals surface area contributed by atoms with Crippen LogP contribution in [0.4, 0.5) is 0 Å². The number of nitrogens with one attached hydrogen (secondary N) is 1. The summed E-state index contributed by atoms with van der Waals surface area (Å²) < 4.78 is 0. The Kier molecular flexibility index (Phi) is 4.04. The number of nitrogens with zero attached hydrogens (tertiary/aromatic N) is 2. The van der Waals surface area contributed by atoms with Gasteiger partial charge in [-0.15, -0.1) is 0 Å². The van der Waals surface area contributed by atoms with Crippen molar-refractivity contribution in [3.05, 3.63) is 42.1 Å². The van der Waals surface area contributed by atoms with Crippen molar-refractivity contribution in [1.82, 2.24) is 15.2 Å². The summed E-state index contributed by atoms with van der Waals surface area (Å²) in [5.74, 6) is 0.326. The molecule has 1 N–H and O–H groups in total. The minimum atomic E-state index is 0.0326. The quantitative estimate of drug-likeness (QED) is 0.940. The number of fused-ring (bicyclic) bond motifs is 1. The molecular weight excluding hydrogens is 278 g/mol. The molecule has 0 radical (unpaired) electrons. The predicted octanol–water partition coefficient (Wildman–Crippen LogP) is 1.83. The van der Waals surface area contributed by atoms with Gasteiger partial charge in [-0.3, -0.25) is 14.6 Å². The number of hydrogen-bond donors (Lipinski definition) is 1. The van der Waals surface area contributed by atoms with Crippen molar-refractivity contribution < 1.29 is 9.59 Å². The van der Waals surface area contributed by atoms with Crippen molar-refractivity contribution in [2.75, 3.05) is 20.1 Å². The fraction of sp³-hybridized carbons (Fsp3) is 0.353. The van der Waals surface area contributed by atoms with Crippen LogP contribution in [0.5, 0.6) is 0 Å². The van der Waals surface area contributed by atoms with E-state index in [2.05, 4.69) is 10.3 Å². The number of pyridine rings is 1. The number of carbonyl (C=O) groups excluding carboxylic acids is 2. The van der Waals surface area contributed by atoms with Gasteiger partial charge >= 0.3 is 0 Å². The first-order valence-corrected chi connectivity index (χ1v) is 7.52. The predicted molar refractivity (Wildman–Crippen MR) is 84.4 cm³/mol. The molecule has 1 aromatic carbocycles. The normalized spacial score (nSPS) is 17.7. The van der Waals surface area contributed by atoms with Crippen LogP contribution in [0.1, 0.15) is 23.2 Å². The molecule has 0 aliphatic carbocycles. The minimum absolute atomic E-state index is 0.0326. The molecular formula is C17H19N3O2. The Morgan fingerprint density at radius 2 is 2.23 bits per heavy atom. The van der Waals surface area contributed by atoms with Crippen LogP contribution >= 0.6 is 0 Å². The zero-order valence-electron chi connectivity index (χ0n) is 12.6. The maximum Gasteiger partial charge on any atom is 0.253 e. The minimum Gasteiger partial charge on any atom is -0.359 e. The summed E-state index contributed by atoms with van der Waals surface area (Å²) in [6.07, 6.45) is 3.11. The molecule has 0 unspecified atom stereocenters. The zero-order valence-corrected chi connectivity index (χ0v) is 12.6. The van der Waals surface area contributed by atoms with Gasteiger partial charge in [-0.05, 0) is 36.6 Å². The van der Waals surface area contributed by atoms with E-state index in [1.54, 1.807) is 13.2 Å². The summed E-state index contributed by atoms with van der Waals surface area (Å²) in [5.41, 5.74) is 1.57. The van der Waals surface area contributed by atoms with Gasteiger partial charge in [0.1, 0.15) is 0 Å². The van der Waals surface area contributed by atoms with Crippen LogP contribution in [0, 0.1) is 5.92 Å². The third kappa shape index (κ3) is 2.93. The first-order valence-electron chi connectivity index (χ1n) is 7.52. The maximum atomic E-state index is 12.6. The van der Waals surface area contributed by atoms with E-state index in [9.17, 15) is 9.59 Å². The standard InChI is InChI=1S/C17H19N3O2/c1-18-16(21)9-12-6-8-20(11-12)17(22)14-4-5-15-13(10-14)3-2-7-19-15/h2-5,7,10,12H,6,8-9,11H2,1H3,(H,18,21)/t12-/m0/s1. The Balaban J connectivity index is 1.72. The molecule has 1 aromatic heterocycles. The molecule has 0 spiro atoms. The van der Waals surface area contributed by atoms with Crippen molar-refractivity contribution in [2.45, 2.75) is 12.8 Å². The van der Waals surface area contributed by atoms with E-state index in [0.717, 1.165) is 17.3 Å². The molecule has 1 fully saturated rings. The molecule has 3 rings (SSSR count). The highest BCUT2D eigenvalue weighted by atomic mass is 16.2. The van der Waals surface area contributed by atoms with Crippen LogP contribution in [-0.4, -0.2) is 41.8 Å². The summed E-state index contributed by atoms with van der Waals surface area (Å²) in [5, 5.41) is 3.61. The first kappa shape index (κ1) is 14.5. The lowest BCUT2D eigenvalue weighted by molar-refractivity contribution is -0.121. The van der Waals surface area contributed by atoms with Crippen molar-refractivity contribution in [3.63, 3.8) is 0 Å². The van der Waals surface area contributed by atoms with Gasteiger partial charge in [0, 0.05) is 43.7 Å². The monoisotopic (exact) mass is 297 g/mol. The molecule has 114 valence electrons. The molecule has 1 saturated heterocycles. The van der Waals surface area contributed by atoms with Gasteiger partial charge in [-0.1, -0.05) is 6.07 Å². The molecule has 5 heteroatoms. The number of carbonyl (C=O) groups is 2. The molecule has 2 aromatic rings. The van der Waals surface area contributed by atoms with Crippen molar-refractivity contribution >= 4 is 22.7 Å². The number of likely N-dealkylation sites (tertiary alicyclic amines) is 1. The molecule has 1 aliphatic heterocycles. The second kappa shape index (κ2) is 6.13. The molecule has 2 amide bonds. The summed E-state index contributed by atoms with van der Waals surface area (Å²) in [6, 6.07) is 9.41. The van der Waals surface area contributed by atoms with E-state index in [1.165, 1.54) is 0 Å². The van der Waals surface area contributed by atoms with Crippen LogP contribution in [0.25, 0.3) is 10.9 Å². The fourth-order valence-electron chi connectivity index (χ4n) is 2.94. The first-order chi connectivity index (χ1) is 10.7. The Hall–Kier alpha value is -2.43. The Labute approximate surface area is 129 Å². The van der Waals surface area contributed by atoms with E-state index in [0.29, 0.717) is 25.1 Å². The maximum absolute atomic E-state index is 12.6. The van der Waals surface area contributed by atoms with Crippen LogP contribution in [0.3, 0.4) is 0 Å². The van der Waals surface area contributed by atoms with Gasteiger partial charge < -0.3 is 10.2 Å². The lowest BCUT2D eigenvalue weighted by Gasteiger charge is -2.16. The van der Waals surface area contributed by atoms with Gasteiger partial charge in [0.25, 0.3) is 5.91 Å². The molecule has 1 aliphatic rings. The topological polar surface area (TPSA) is 62.3 Å². The summed E-state index contributed by atoms with van der Waals surface area (Å²) in [6.45, 7) is 1.36. The van der Waals surface area contributed by atoms with E-state index in [1.807, 2.05) is 35.2 Å². The number of rotatable bonds is 3. The van der Waals surface area contributed by atoms with Gasteiger partial charge in [0.2, 0.25) is 5.91 Å². The molecule has 0 bridgehead atoms. The lowest BCUT2D eigenvalue weighted by Crippen LogP contribution is -2.29. The highest BCUT2D eigenvalue weighted by Crippen LogP contribution is 2.22. The summed E-state index contributed by atoms with van der Waals surface area (Å²) in [7, 11) is 1.64. The summed E-state index contributed by atoms with van der Waals surface area (Å²) >= 11 is 0. The largest absolute Gasteiger partial charge is 0.359 e. The van der Waals surface area contributed by atoms with E-state index in [4.69, 9.17) is 0 Å². The van der Waals surface area contributed by atoms with Crippen LogP contribution in [-0.2, 0) is 4.79 Å². The van der Waals surface area contributed by atoms with Crippen LogP contribution < -0.4 is 5.32 Å². The number of hydrogen-bond acceptors (Lipinski definition) is 3. The summed E-state index contributed by atoms with van der Waals surface area (Å²) in [4.78, 5) is 30.1. The van der Waals surface area contributed by atoms with Crippen LogP contribution in [0.2, 0.25) is 0 Å². The second-order valence-electron chi connectivity index (χ2n) is 5.69. The van der Waals surface area contributed by atoms with E-state index >= 15 is 0 Å². The molecule has 22 heavy (non-hydrogen) atoms. The van der Waals surface area contributed by atoms with Crippen molar-refractivity contribution in [1.29, 1.82) is 0 Å². The lowest BCUT2D eigenvalue weighted by atomic mass is 10.0. The Bertz CT molecular complexity index is 714. The second-order valence-corrected chi connectivity index (χ2v) is 5.69. The van der Waals surface area contributed by atoms with Crippen LogP contribution in [0.15, 0.2) is 36.5 Å². The number of aromatic nitrogens is 1. The molecule has 1 atom stereocenters. The Morgan fingerprint density at radius 1 is 1.36 bits per heavy atom. The van der Waals surface area contributed by atoms with Gasteiger partial charge in [0.15, 0.2) is 0 Å². The van der Waals surface area contributed by atoms with Crippen molar-refractivity contribution in [2.24, 2.45) is 5.92 Å². The number of amides is 2.